The molecule has 0 saturated carbocycles. The molecule has 0 aliphatic carbocycles. The normalized spacial score (nSPS) is 36.6. The first-order chi connectivity index (χ1) is 14.4. The minimum Gasteiger partial charge on any atom is -0.493 e. The van der Waals surface area contributed by atoms with E-state index in [9.17, 15) is 4.79 Å². The average Bonchev–Trinajstić information content (AvgIpc) is 2.57. The van der Waals surface area contributed by atoms with E-state index in [1.165, 1.54) is 12.1 Å². The van der Waals surface area contributed by atoms with Crippen molar-refractivity contribution < 1.29 is 26.6 Å². The van der Waals surface area contributed by atoms with Crippen molar-refractivity contribution in [3.05, 3.63) is 23.3 Å². The summed E-state index contributed by atoms with van der Waals surface area (Å²) < 4.78 is 80.1. The maximum atomic E-state index is 13.1. The maximum absolute atomic E-state index is 13.1. The number of methoxy groups -OCH3 is 2. The fourth-order valence-electron chi connectivity index (χ4n) is 3.37. The SMILES string of the molecule is [2H]C([2H])([2H])Oc1cc2c(cc1OC([2H])([2H])[2H])C1N(CC2)CC([2H])(CC(C)C)C(=O)C1([2H])[2H]. The van der Waals surface area contributed by atoms with Crippen LogP contribution in [0, 0.1) is 11.8 Å². The van der Waals surface area contributed by atoms with Crippen molar-refractivity contribution in [1.82, 2.24) is 4.90 Å². The van der Waals surface area contributed by atoms with Gasteiger partial charge in [-0.2, -0.15) is 0 Å². The minimum absolute atomic E-state index is 0.0276. The van der Waals surface area contributed by atoms with Crippen LogP contribution in [0.15, 0.2) is 12.1 Å². The van der Waals surface area contributed by atoms with Crippen molar-refractivity contribution in [1.29, 1.82) is 0 Å². The van der Waals surface area contributed by atoms with Gasteiger partial charge in [0.15, 0.2) is 11.5 Å². The molecule has 4 heteroatoms. The number of nitrogens with zero attached hydrogens (tertiary/aromatic N) is 1. The third kappa shape index (κ3) is 3.09. The summed E-state index contributed by atoms with van der Waals surface area (Å²) in [4.78, 5) is 14.9. The lowest BCUT2D eigenvalue weighted by atomic mass is 9.80. The van der Waals surface area contributed by atoms with Crippen molar-refractivity contribution in [2.24, 2.45) is 11.8 Å². The van der Waals surface area contributed by atoms with Gasteiger partial charge in [-0.3, -0.25) is 9.69 Å². The molecule has 0 N–H and O–H groups in total. The number of hydrogen-bond acceptors (Lipinski definition) is 4. The predicted molar refractivity (Wildman–Crippen MR) is 90.1 cm³/mol. The van der Waals surface area contributed by atoms with Crippen LogP contribution in [-0.2, 0) is 11.2 Å². The monoisotopic (exact) mass is 326 g/mol. The lowest BCUT2D eigenvalue weighted by molar-refractivity contribution is -0.129. The summed E-state index contributed by atoms with van der Waals surface area (Å²) in [6.45, 7) is 4.16. The Hall–Kier alpha value is -1.55. The Balaban J connectivity index is 2.10. The number of ketones is 1. The molecule has 0 bridgehead atoms. The molecule has 1 saturated heterocycles. The van der Waals surface area contributed by atoms with Gasteiger partial charge in [0.25, 0.3) is 0 Å². The molecule has 0 aromatic heterocycles. The van der Waals surface area contributed by atoms with Crippen molar-refractivity contribution in [3.8, 4) is 11.5 Å². The summed E-state index contributed by atoms with van der Waals surface area (Å²) in [7, 11) is -5.75. The predicted octanol–water partition coefficient (Wildman–Crippen LogP) is 3.24. The van der Waals surface area contributed by atoms with Crippen molar-refractivity contribution >= 4 is 5.78 Å². The number of rotatable bonds is 4. The summed E-state index contributed by atoms with van der Waals surface area (Å²) >= 11 is 0. The zero-order chi connectivity index (χ0) is 24.3. The molecule has 126 valence electrons. The van der Waals surface area contributed by atoms with E-state index in [-0.39, 0.29) is 30.4 Å². The van der Waals surface area contributed by atoms with Crippen molar-refractivity contribution in [3.63, 3.8) is 0 Å². The number of hydrogen-bond donors (Lipinski definition) is 0. The second-order valence-electron chi connectivity index (χ2n) is 6.50. The smallest absolute Gasteiger partial charge is 0.161 e. The molecule has 2 aliphatic heterocycles. The number of carbonyl (C=O) groups excluding carboxylic acids is 1. The molecule has 1 aromatic carbocycles. The van der Waals surface area contributed by atoms with Gasteiger partial charge in [-0.25, -0.2) is 0 Å². The average molecular weight is 326 g/mol. The molecule has 23 heavy (non-hydrogen) atoms. The topological polar surface area (TPSA) is 38.8 Å². The standard InChI is InChI=1S/C19H27NO3/c1-12(2)7-14-11-20-6-5-13-8-18(22-3)19(23-4)9-15(13)16(20)10-17(14)21/h8-9,12,14,16H,5-7,10-11H2,1-4H3/i3D3,4D3,10D2,14D. The molecular formula is C19H27NO3. The van der Waals surface area contributed by atoms with Gasteiger partial charge in [-0.1, -0.05) is 13.8 Å². The molecule has 0 amide bonds. The Bertz CT molecular complexity index is 897. The van der Waals surface area contributed by atoms with E-state index in [1.807, 2.05) is 13.8 Å². The molecule has 2 aliphatic rings. The molecule has 2 atom stereocenters. The van der Waals surface area contributed by atoms with Gasteiger partial charge in [0.1, 0.15) is 5.78 Å². The summed E-state index contributed by atoms with van der Waals surface area (Å²) in [6.07, 6.45) is -1.80. The molecule has 1 fully saturated rings. The number of carbonyl (C=O) groups is 1. The minimum atomic E-state index is -2.90. The molecule has 3 rings (SSSR count). The van der Waals surface area contributed by atoms with E-state index in [4.69, 9.17) is 21.8 Å². The van der Waals surface area contributed by atoms with Gasteiger partial charge in [0, 0.05) is 35.5 Å². The molecular weight excluding hydrogens is 290 g/mol. The summed E-state index contributed by atoms with van der Waals surface area (Å²) in [6, 6.07) is 1.55. The van der Waals surface area contributed by atoms with Gasteiger partial charge in [-0.05, 0) is 42.0 Å². The highest BCUT2D eigenvalue weighted by molar-refractivity contribution is 5.83. The number of benzene rings is 1. The van der Waals surface area contributed by atoms with Crippen molar-refractivity contribution in [2.75, 3.05) is 27.2 Å². The summed E-state index contributed by atoms with van der Waals surface area (Å²) in [5.74, 6) is -3.03. The van der Waals surface area contributed by atoms with Gasteiger partial charge >= 0.3 is 0 Å². The highest BCUT2D eigenvalue weighted by atomic mass is 16.5. The molecule has 2 unspecified atom stereocenters. The number of fused-ring (bicyclic) bond motifs is 3. The van der Waals surface area contributed by atoms with Gasteiger partial charge in [0.2, 0.25) is 0 Å². The molecule has 1 aromatic rings. The van der Waals surface area contributed by atoms with Crippen LogP contribution in [0.5, 0.6) is 11.5 Å². The molecule has 0 spiro atoms. The van der Waals surface area contributed by atoms with E-state index in [0.717, 1.165) is 0 Å². The van der Waals surface area contributed by atoms with Crippen LogP contribution >= 0.6 is 0 Å². The summed E-state index contributed by atoms with van der Waals surface area (Å²) in [5.41, 5.74) is 0.875. The van der Waals surface area contributed by atoms with Crippen molar-refractivity contribution in [2.45, 2.75) is 39.1 Å². The highest BCUT2D eigenvalue weighted by Crippen LogP contribution is 2.42. The van der Waals surface area contributed by atoms with Crippen LogP contribution in [0.4, 0.5) is 0 Å². The molecule has 4 nitrogen and oxygen atoms in total. The molecule has 0 radical (unpaired) electrons. The van der Waals surface area contributed by atoms with Crippen LogP contribution < -0.4 is 9.47 Å². The number of piperidine rings is 1. The fourth-order valence-corrected chi connectivity index (χ4v) is 3.37. The first kappa shape index (κ1) is 8.52. The zero-order valence-electron chi connectivity index (χ0n) is 22.3. The maximum Gasteiger partial charge on any atom is 0.161 e. The Labute approximate surface area is 151 Å². The second-order valence-corrected chi connectivity index (χ2v) is 6.50. The van der Waals surface area contributed by atoms with Crippen LogP contribution in [-0.4, -0.2) is 37.8 Å². The Morgan fingerprint density at radius 3 is 2.83 bits per heavy atom. The van der Waals surface area contributed by atoms with Gasteiger partial charge < -0.3 is 9.47 Å². The van der Waals surface area contributed by atoms with E-state index in [2.05, 4.69) is 0 Å². The third-order valence-electron chi connectivity index (χ3n) is 4.39. The highest BCUT2D eigenvalue weighted by Gasteiger charge is 2.38. The van der Waals surface area contributed by atoms with Crippen LogP contribution in [0.1, 0.15) is 56.1 Å². The lowest BCUT2D eigenvalue weighted by Crippen LogP contribution is -2.46. The first-order valence-electron chi connectivity index (χ1n) is 12.3. The lowest BCUT2D eigenvalue weighted by Gasteiger charge is -2.43. The quantitative estimate of drug-likeness (QED) is 0.851. The van der Waals surface area contributed by atoms with E-state index >= 15 is 0 Å². The summed E-state index contributed by atoms with van der Waals surface area (Å²) in [5, 5.41) is 0. The third-order valence-corrected chi connectivity index (χ3v) is 4.39. The van der Waals surface area contributed by atoms with Gasteiger partial charge in [0.05, 0.1) is 22.3 Å². The number of Topliss-reactive ketones (excluding diaryl/α,β-unsaturated/α-hetero) is 1. The van der Waals surface area contributed by atoms with Crippen LogP contribution in [0.3, 0.4) is 0 Å². The molecule has 2 heterocycles. The van der Waals surface area contributed by atoms with Crippen LogP contribution in [0.2, 0.25) is 0 Å². The Kier molecular flexibility index (Phi) is 2.41. The largest absolute Gasteiger partial charge is 0.493 e. The first-order valence-corrected chi connectivity index (χ1v) is 7.77. The number of ether oxygens (including phenoxy) is 2. The van der Waals surface area contributed by atoms with E-state index in [0.29, 0.717) is 24.1 Å². The van der Waals surface area contributed by atoms with Gasteiger partial charge in [-0.15, -0.1) is 0 Å². The fraction of sp³-hybridized carbons (Fsp3) is 0.632. The Morgan fingerprint density at radius 2 is 2.13 bits per heavy atom. The van der Waals surface area contributed by atoms with E-state index in [1.54, 1.807) is 4.90 Å². The second kappa shape index (κ2) is 6.52. The Morgan fingerprint density at radius 1 is 1.39 bits per heavy atom. The van der Waals surface area contributed by atoms with Crippen LogP contribution in [0.25, 0.3) is 0 Å². The van der Waals surface area contributed by atoms with E-state index < -0.39 is 38.2 Å². The zero-order valence-corrected chi connectivity index (χ0v) is 13.3.